The molecule has 2 rings (SSSR count). The minimum absolute atomic E-state index is 0.0722. The van der Waals surface area contributed by atoms with Gasteiger partial charge in [0.1, 0.15) is 11.4 Å². The summed E-state index contributed by atoms with van der Waals surface area (Å²) in [6.07, 6.45) is 4.68. The van der Waals surface area contributed by atoms with Gasteiger partial charge in [-0.3, -0.25) is 0 Å². The number of nitrogens with two attached hydrogens (primary N) is 1. The number of nitriles is 1. The van der Waals surface area contributed by atoms with Crippen LogP contribution in [0.4, 0.5) is 5.82 Å². The van der Waals surface area contributed by atoms with Gasteiger partial charge in [0.05, 0.1) is 24.8 Å². The van der Waals surface area contributed by atoms with Gasteiger partial charge in [0.15, 0.2) is 5.16 Å². The highest BCUT2D eigenvalue weighted by Crippen LogP contribution is 2.28. The lowest BCUT2D eigenvalue weighted by molar-refractivity contribution is 0.0598. The average Bonchev–Trinajstić information content (AvgIpc) is 2.85. The summed E-state index contributed by atoms with van der Waals surface area (Å²) in [4.78, 5) is 23.1. The average molecular weight is 335 g/mol. The maximum Gasteiger partial charge on any atom is 0.343 e. The van der Waals surface area contributed by atoms with E-state index < -0.39 is 5.97 Å². The maximum absolute atomic E-state index is 12.2. The fourth-order valence-corrected chi connectivity index (χ4v) is 3.07. The molecule has 1 aliphatic heterocycles. The fourth-order valence-electron chi connectivity index (χ4n) is 2.69. The van der Waals surface area contributed by atoms with E-state index in [-0.39, 0.29) is 12.5 Å². The first-order valence-electron chi connectivity index (χ1n) is 7.52. The molecule has 2 heterocycles. The number of anilines is 1. The molecule has 1 aliphatic rings. The van der Waals surface area contributed by atoms with Gasteiger partial charge in [-0.2, -0.15) is 5.26 Å². The molecule has 2 N–H and O–H groups in total. The van der Waals surface area contributed by atoms with Crippen LogP contribution >= 0.6 is 11.8 Å². The van der Waals surface area contributed by atoms with Crippen molar-refractivity contribution in [3.63, 3.8) is 0 Å². The normalized spacial score (nSPS) is 18.2. The Labute approximate surface area is 140 Å². The fraction of sp³-hybridized carbons (Fsp3) is 0.600. The van der Waals surface area contributed by atoms with E-state index in [1.54, 1.807) is 0 Å². The first kappa shape index (κ1) is 17.5. The molecule has 1 fully saturated rings. The van der Waals surface area contributed by atoms with Crippen molar-refractivity contribution in [2.24, 2.45) is 11.7 Å². The molecule has 0 saturated carbocycles. The van der Waals surface area contributed by atoms with E-state index in [2.05, 4.69) is 16.0 Å². The van der Waals surface area contributed by atoms with Gasteiger partial charge in [-0.1, -0.05) is 18.2 Å². The Morgan fingerprint density at radius 3 is 2.91 bits per heavy atom. The molecule has 23 heavy (non-hydrogen) atoms. The molecule has 7 nitrogen and oxygen atoms in total. The number of hydrogen-bond donors (Lipinski definition) is 1. The molecule has 0 spiro atoms. The van der Waals surface area contributed by atoms with Gasteiger partial charge >= 0.3 is 5.97 Å². The van der Waals surface area contributed by atoms with Crippen molar-refractivity contribution >= 4 is 23.5 Å². The second-order valence-electron chi connectivity index (χ2n) is 5.32. The molecular formula is C15H21N5O2S. The van der Waals surface area contributed by atoms with Crippen LogP contribution < -0.4 is 10.6 Å². The lowest BCUT2D eigenvalue weighted by atomic mass is 10.1. The summed E-state index contributed by atoms with van der Waals surface area (Å²) in [7, 11) is 1.33. The first-order chi connectivity index (χ1) is 11.1. The van der Waals surface area contributed by atoms with Crippen LogP contribution in [0.1, 0.15) is 35.3 Å². The number of carbonyl (C=O) groups is 1. The number of ether oxygens (including phenoxy) is 1. The summed E-state index contributed by atoms with van der Waals surface area (Å²) in [5, 5.41) is 9.84. The highest BCUT2D eigenvalue weighted by molar-refractivity contribution is 7.98. The molecule has 1 aromatic rings. The van der Waals surface area contributed by atoms with Crippen LogP contribution in [0.2, 0.25) is 0 Å². The quantitative estimate of drug-likeness (QED) is 0.502. The Morgan fingerprint density at radius 2 is 2.30 bits per heavy atom. The number of nitrogens with zero attached hydrogens (tertiary/aromatic N) is 4. The lowest BCUT2D eigenvalue weighted by Crippen LogP contribution is -2.31. The number of aromatic nitrogens is 2. The Morgan fingerprint density at radius 1 is 1.52 bits per heavy atom. The summed E-state index contributed by atoms with van der Waals surface area (Å²) in [5.74, 6) is -0.0401. The third-order valence-electron chi connectivity index (χ3n) is 3.86. The zero-order valence-electron chi connectivity index (χ0n) is 13.4. The lowest BCUT2D eigenvalue weighted by Gasteiger charge is -2.25. The molecule has 0 bridgehead atoms. The van der Waals surface area contributed by atoms with Crippen LogP contribution in [-0.2, 0) is 11.3 Å². The van der Waals surface area contributed by atoms with Crippen molar-refractivity contribution in [1.82, 2.24) is 9.97 Å². The molecule has 1 atom stereocenters. The smallest absolute Gasteiger partial charge is 0.343 e. The van der Waals surface area contributed by atoms with E-state index in [4.69, 9.17) is 10.5 Å². The van der Waals surface area contributed by atoms with E-state index in [1.165, 1.54) is 18.9 Å². The van der Waals surface area contributed by atoms with E-state index >= 15 is 0 Å². The zero-order valence-corrected chi connectivity index (χ0v) is 14.2. The van der Waals surface area contributed by atoms with Crippen molar-refractivity contribution < 1.29 is 9.53 Å². The molecule has 8 heteroatoms. The second kappa shape index (κ2) is 8.13. The number of rotatable bonds is 4. The summed E-state index contributed by atoms with van der Waals surface area (Å²) in [6.45, 7) is 1.43. The Bertz CT molecular complexity index is 617. The molecule has 1 aromatic heterocycles. The molecule has 0 radical (unpaired) electrons. The van der Waals surface area contributed by atoms with Gasteiger partial charge in [-0.15, -0.1) is 0 Å². The SMILES string of the molecule is COC(=O)c1c(CN)nc(SC)nc1N1CCCCC(C#N)C1. The number of esters is 1. The van der Waals surface area contributed by atoms with Crippen molar-refractivity contribution in [1.29, 1.82) is 5.26 Å². The van der Waals surface area contributed by atoms with Crippen molar-refractivity contribution in [2.75, 3.05) is 31.4 Å². The van der Waals surface area contributed by atoms with Crippen LogP contribution in [0.3, 0.4) is 0 Å². The third kappa shape index (κ3) is 3.92. The van der Waals surface area contributed by atoms with Gasteiger partial charge in [-0.25, -0.2) is 14.8 Å². The largest absolute Gasteiger partial charge is 0.465 e. The third-order valence-corrected chi connectivity index (χ3v) is 4.41. The van der Waals surface area contributed by atoms with Gasteiger partial charge < -0.3 is 15.4 Å². The highest BCUT2D eigenvalue weighted by Gasteiger charge is 2.27. The van der Waals surface area contributed by atoms with Gasteiger partial charge in [0, 0.05) is 19.6 Å². The summed E-state index contributed by atoms with van der Waals surface area (Å²) in [6, 6.07) is 2.33. The van der Waals surface area contributed by atoms with E-state index in [9.17, 15) is 10.1 Å². The molecule has 0 aromatic carbocycles. The Balaban J connectivity index is 2.53. The summed E-state index contributed by atoms with van der Waals surface area (Å²) >= 11 is 1.39. The molecule has 1 unspecified atom stereocenters. The van der Waals surface area contributed by atoms with Crippen molar-refractivity contribution in [3.05, 3.63) is 11.3 Å². The Kier molecular flexibility index (Phi) is 6.19. The molecule has 0 amide bonds. The van der Waals surface area contributed by atoms with Crippen LogP contribution in [-0.4, -0.2) is 42.4 Å². The minimum Gasteiger partial charge on any atom is -0.465 e. The standard InChI is InChI=1S/C15H21N5O2S/c1-22-14(21)12-11(8-17)18-15(23-2)19-13(12)20-6-4-3-5-10(7-16)9-20/h10H,3-6,8-9,17H2,1-2H3. The Hall–Kier alpha value is -1.85. The van der Waals surface area contributed by atoms with Gasteiger partial charge in [-0.05, 0) is 19.1 Å². The summed E-state index contributed by atoms with van der Waals surface area (Å²) in [5.41, 5.74) is 6.56. The molecular weight excluding hydrogens is 314 g/mol. The van der Waals surface area contributed by atoms with Crippen LogP contribution in [0.5, 0.6) is 0 Å². The predicted molar refractivity (Wildman–Crippen MR) is 88.2 cm³/mol. The summed E-state index contributed by atoms with van der Waals surface area (Å²) < 4.78 is 4.90. The topological polar surface area (TPSA) is 105 Å². The maximum atomic E-state index is 12.2. The predicted octanol–water partition coefficient (Wildman–Crippen LogP) is 1.57. The monoisotopic (exact) mass is 335 g/mol. The van der Waals surface area contributed by atoms with Crippen molar-refractivity contribution in [3.8, 4) is 6.07 Å². The first-order valence-corrected chi connectivity index (χ1v) is 8.74. The van der Waals surface area contributed by atoms with E-state index in [0.717, 1.165) is 25.8 Å². The van der Waals surface area contributed by atoms with E-state index in [1.807, 2.05) is 11.2 Å². The van der Waals surface area contributed by atoms with Crippen LogP contribution in [0, 0.1) is 17.2 Å². The minimum atomic E-state index is -0.495. The van der Waals surface area contributed by atoms with Crippen molar-refractivity contribution in [2.45, 2.75) is 31.0 Å². The molecule has 0 aliphatic carbocycles. The van der Waals surface area contributed by atoms with Crippen LogP contribution in [0.25, 0.3) is 0 Å². The number of thioether (sulfide) groups is 1. The van der Waals surface area contributed by atoms with Gasteiger partial charge in [0.25, 0.3) is 0 Å². The number of methoxy groups -OCH3 is 1. The molecule has 1 saturated heterocycles. The number of hydrogen-bond acceptors (Lipinski definition) is 8. The molecule has 124 valence electrons. The highest BCUT2D eigenvalue weighted by atomic mass is 32.2. The van der Waals surface area contributed by atoms with Gasteiger partial charge in [0.2, 0.25) is 0 Å². The van der Waals surface area contributed by atoms with Crippen LogP contribution in [0.15, 0.2) is 5.16 Å². The van der Waals surface area contributed by atoms with E-state index in [0.29, 0.717) is 28.8 Å². The second-order valence-corrected chi connectivity index (χ2v) is 6.09. The zero-order chi connectivity index (χ0) is 16.8. The number of carbonyl (C=O) groups excluding carboxylic acids is 1.